The van der Waals surface area contributed by atoms with Crippen LogP contribution in [0.3, 0.4) is 0 Å². The molecule has 0 unspecified atom stereocenters. The number of benzene rings is 1. The number of hydrogen-bond donors (Lipinski definition) is 0. The summed E-state index contributed by atoms with van der Waals surface area (Å²) in [5.74, 6) is -0.205. The van der Waals surface area contributed by atoms with E-state index in [2.05, 4.69) is 0 Å². The highest BCUT2D eigenvalue weighted by Gasteiger charge is 2.29. The van der Waals surface area contributed by atoms with Gasteiger partial charge in [-0.3, -0.25) is 9.59 Å². The topological polar surface area (TPSA) is 69.0 Å². The summed E-state index contributed by atoms with van der Waals surface area (Å²) >= 11 is 0. The molecule has 0 bridgehead atoms. The van der Waals surface area contributed by atoms with Gasteiger partial charge in [0.2, 0.25) is 0 Å². The van der Waals surface area contributed by atoms with E-state index in [-0.39, 0.29) is 29.3 Å². The number of ether oxygens (including phenoxy) is 2. The van der Waals surface area contributed by atoms with Gasteiger partial charge in [-0.25, -0.2) is 0 Å². The highest BCUT2D eigenvalue weighted by atomic mass is 16.5. The zero-order chi connectivity index (χ0) is 17.9. The standard InChI is InChI=1S/C20H23NO5/c22-17-11-19(26-18-8-2-1-7-16(17)18)20(23)21(12-14-5-3-9-24-14)13-15-6-4-10-25-15/h1-2,7-8,11,14-15H,3-6,9-10,12-13H2/t14-,15-/m1/s1. The van der Waals surface area contributed by atoms with Crippen LogP contribution in [-0.2, 0) is 9.47 Å². The quantitative estimate of drug-likeness (QED) is 0.823. The predicted molar refractivity (Wildman–Crippen MR) is 96.3 cm³/mol. The van der Waals surface area contributed by atoms with Crippen molar-refractivity contribution in [1.29, 1.82) is 0 Å². The van der Waals surface area contributed by atoms with Crippen molar-refractivity contribution in [3.8, 4) is 0 Å². The van der Waals surface area contributed by atoms with E-state index in [9.17, 15) is 9.59 Å². The second-order valence-electron chi connectivity index (χ2n) is 6.95. The third kappa shape index (κ3) is 3.66. The number of carbonyl (C=O) groups excluding carboxylic acids is 1. The summed E-state index contributed by atoms with van der Waals surface area (Å²) in [5, 5.41) is 0.480. The van der Waals surface area contributed by atoms with Gasteiger partial charge in [0.25, 0.3) is 5.91 Å². The summed E-state index contributed by atoms with van der Waals surface area (Å²) in [6.45, 7) is 2.46. The maximum atomic E-state index is 13.1. The Hall–Kier alpha value is -2.18. The second-order valence-corrected chi connectivity index (χ2v) is 6.95. The zero-order valence-corrected chi connectivity index (χ0v) is 14.7. The predicted octanol–water partition coefficient (Wildman–Crippen LogP) is 2.59. The van der Waals surface area contributed by atoms with Gasteiger partial charge in [0.1, 0.15) is 5.58 Å². The molecule has 2 aromatic rings. The van der Waals surface area contributed by atoms with Gasteiger partial charge in [0.05, 0.1) is 17.6 Å². The largest absolute Gasteiger partial charge is 0.451 e. The number of amides is 1. The van der Waals surface area contributed by atoms with Gasteiger partial charge in [-0.15, -0.1) is 0 Å². The lowest BCUT2D eigenvalue weighted by Crippen LogP contribution is -2.42. The molecule has 0 N–H and O–H groups in total. The first-order valence-corrected chi connectivity index (χ1v) is 9.26. The van der Waals surface area contributed by atoms with Crippen molar-refractivity contribution >= 4 is 16.9 Å². The SMILES string of the molecule is O=C(c1cc(=O)c2ccccc2o1)N(C[C@H]1CCCO1)C[C@H]1CCCO1. The van der Waals surface area contributed by atoms with Gasteiger partial charge in [-0.05, 0) is 37.8 Å². The van der Waals surface area contributed by atoms with Crippen molar-refractivity contribution in [2.75, 3.05) is 26.3 Å². The van der Waals surface area contributed by atoms with Crippen LogP contribution < -0.4 is 5.43 Å². The van der Waals surface area contributed by atoms with E-state index in [4.69, 9.17) is 13.9 Å². The van der Waals surface area contributed by atoms with Gasteiger partial charge >= 0.3 is 0 Å². The Morgan fingerprint density at radius 3 is 2.31 bits per heavy atom. The van der Waals surface area contributed by atoms with E-state index in [1.54, 1.807) is 29.2 Å². The first-order valence-electron chi connectivity index (χ1n) is 9.26. The molecule has 2 fully saturated rings. The number of para-hydroxylation sites is 1. The summed E-state index contributed by atoms with van der Waals surface area (Å²) in [4.78, 5) is 27.2. The lowest BCUT2D eigenvalue weighted by molar-refractivity contribution is 0.0290. The van der Waals surface area contributed by atoms with Crippen LogP contribution in [0.25, 0.3) is 11.0 Å². The Morgan fingerprint density at radius 2 is 1.69 bits per heavy atom. The Morgan fingerprint density at radius 1 is 1.04 bits per heavy atom. The fourth-order valence-electron chi connectivity index (χ4n) is 3.67. The molecule has 0 saturated carbocycles. The van der Waals surface area contributed by atoms with E-state index >= 15 is 0 Å². The van der Waals surface area contributed by atoms with E-state index in [0.29, 0.717) is 24.1 Å². The van der Waals surface area contributed by atoms with Gasteiger partial charge in [-0.1, -0.05) is 12.1 Å². The van der Waals surface area contributed by atoms with Crippen molar-refractivity contribution in [2.45, 2.75) is 37.9 Å². The van der Waals surface area contributed by atoms with E-state index < -0.39 is 0 Å². The average Bonchev–Trinajstić information content (AvgIpc) is 3.34. The summed E-state index contributed by atoms with van der Waals surface area (Å²) in [7, 11) is 0. The van der Waals surface area contributed by atoms with Crippen LogP contribution in [0.15, 0.2) is 39.5 Å². The molecule has 1 aromatic carbocycles. The molecule has 2 saturated heterocycles. The Balaban J connectivity index is 1.60. The van der Waals surface area contributed by atoms with Crippen LogP contribution in [0.2, 0.25) is 0 Å². The first-order chi connectivity index (χ1) is 12.7. The number of fused-ring (bicyclic) bond motifs is 1. The zero-order valence-electron chi connectivity index (χ0n) is 14.7. The fraction of sp³-hybridized carbons (Fsp3) is 0.500. The van der Waals surface area contributed by atoms with Gasteiger partial charge in [-0.2, -0.15) is 0 Å². The maximum Gasteiger partial charge on any atom is 0.289 e. The number of nitrogens with zero attached hydrogens (tertiary/aromatic N) is 1. The smallest absolute Gasteiger partial charge is 0.289 e. The molecule has 4 rings (SSSR count). The molecule has 2 aliphatic rings. The van der Waals surface area contributed by atoms with Crippen molar-refractivity contribution in [2.24, 2.45) is 0 Å². The number of hydrogen-bond acceptors (Lipinski definition) is 5. The van der Waals surface area contributed by atoms with Crippen LogP contribution in [0.4, 0.5) is 0 Å². The third-order valence-corrected chi connectivity index (χ3v) is 5.03. The highest BCUT2D eigenvalue weighted by molar-refractivity contribution is 5.93. The fourth-order valence-corrected chi connectivity index (χ4v) is 3.67. The van der Waals surface area contributed by atoms with Gasteiger partial charge in [0, 0.05) is 32.4 Å². The molecular weight excluding hydrogens is 334 g/mol. The molecule has 138 valence electrons. The van der Waals surface area contributed by atoms with Crippen LogP contribution in [0, 0.1) is 0 Å². The van der Waals surface area contributed by atoms with Crippen molar-refractivity contribution in [1.82, 2.24) is 4.90 Å². The summed E-state index contributed by atoms with van der Waals surface area (Å²) in [6, 6.07) is 8.27. The molecule has 2 aliphatic heterocycles. The molecule has 2 atom stereocenters. The molecular formula is C20H23NO5. The van der Waals surface area contributed by atoms with Crippen LogP contribution >= 0.6 is 0 Å². The van der Waals surface area contributed by atoms with Gasteiger partial charge in [0.15, 0.2) is 11.2 Å². The van der Waals surface area contributed by atoms with E-state index in [1.807, 2.05) is 0 Å². The van der Waals surface area contributed by atoms with Crippen molar-refractivity contribution in [3.05, 3.63) is 46.3 Å². The normalized spacial score (nSPS) is 22.8. The lowest BCUT2D eigenvalue weighted by Gasteiger charge is -2.27. The first kappa shape index (κ1) is 17.2. The van der Waals surface area contributed by atoms with Crippen LogP contribution in [0.5, 0.6) is 0 Å². The van der Waals surface area contributed by atoms with Crippen LogP contribution in [0.1, 0.15) is 36.2 Å². The highest BCUT2D eigenvalue weighted by Crippen LogP contribution is 2.20. The summed E-state index contributed by atoms with van der Waals surface area (Å²) in [5.41, 5.74) is 0.224. The maximum absolute atomic E-state index is 13.1. The Kier molecular flexibility index (Phi) is 5.04. The average molecular weight is 357 g/mol. The molecule has 6 heteroatoms. The molecule has 6 nitrogen and oxygen atoms in total. The van der Waals surface area contributed by atoms with Crippen molar-refractivity contribution in [3.63, 3.8) is 0 Å². The minimum Gasteiger partial charge on any atom is -0.451 e. The Labute approximate surface area is 151 Å². The Bertz CT molecular complexity index is 815. The molecule has 0 radical (unpaired) electrons. The monoisotopic (exact) mass is 357 g/mol. The molecule has 1 aromatic heterocycles. The van der Waals surface area contributed by atoms with Crippen LogP contribution in [-0.4, -0.2) is 49.3 Å². The second kappa shape index (κ2) is 7.60. The molecule has 1 amide bonds. The number of carbonyl (C=O) groups is 1. The minimum atomic E-state index is -0.279. The third-order valence-electron chi connectivity index (χ3n) is 5.03. The molecule has 0 aliphatic carbocycles. The molecule has 26 heavy (non-hydrogen) atoms. The van der Waals surface area contributed by atoms with Gasteiger partial charge < -0.3 is 18.8 Å². The summed E-state index contributed by atoms with van der Waals surface area (Å²) < 4.78 is 17.1. The lowest BCUT2D eigenvalue weighted by atomic mass is 10.1. The van der Waals surface area contributed by atoms with E-state index in [0.717, 1.165) is 38.9 Å². The number of rotatable bonds is 5. The summed E-state index contributed by atoms with van der Waals surface area (Å²) in [6.07, 6.45) is 3.98. The minimum absolute atomic E-state index is 0.0348. The van der Waals surface area contributed by atoms with Crippen molar-refractivity contribution < 1.29 is 18.7 Å². The molecule has 0 spiro atoms. The molecule has 3 heterocycles. The van der Waals surface area contributed by atoms with E-state index in [1.165, 1.54) is 6.07 Å².